The lowest BCUT2D eigenvalue weighted by atomic mass is 9.93. The molecule has 1 aromatic heterocycles. The maximum absolute atomic E-state index is 9.55. The number of fused-ring (bicyclic) bond motifs is 1. The first-order valence-corrected chi connectivity index (χ1v) is 11.3. The lowest BCUT2D eigenvalue weighted by Crippen LogP contribution is -2.33. The van der Waals surface area contributed by atoms with Gasteiger partial charge in [-0.2, -0.15) is 0 Å². The number of ether oxygens (including phenoxy) is 1. The van der Waals surface area contributed by atoms with E-state index in [1.165, 1.54) is 37.1 Å². The molecule has 0 saturated carbocycles. The minimum absolute atomic E-state index is 0.558. The summed E-state index contributed by atoms with van der Waals surface area (Å²) >= 11 is 0. The van der Waals surface area contributed by atoms with Gasteiger partial charge in [0, 0.05) is 18.7 Å². The number of carboxylic acids is 2. The molecule has 0 aliphatic carbocycles. The zero-order valence-corrected chi connectivity index (χ0v) is 19.2. The van der Waals surface area contributed by atoms with Crippen LogP contribution in [0.1, 0.15) is 30.4 Å². The van der Waals surface area contributed by atoms with Crippen molar-refractivity contribution in [3.63, 3.8) is 0 Å². The second-order valence-corrected chi connectivity index (χ2v) is 8.34. The second-order valence-electron chi connectivity index (χ2n) is 8.34. The lowest BCUT2D eigenvalue weighted by Gasteiger charge is -2.31. The molecule has 0 amide bonds. The molecule has 180 valence electrons. The summed E-state index contributed by atoms with van der Waals surface area (Å²) in [6, 6.07) is 16.8. The molecule has 0 bridgehead atoms. The summed E-state index contributed by atoms with van der Waals surface area (Å²) in [5, 5.41) is 20.7. The Balaban J connectivity index is 0.000000350. The molecule has 1 fully saturated rings. The Morgan fingerprint density at radius 2 is 1.76 bits per heavy atom. The molecule has 2 heterocycles. The highest BCUT2D eigenvalue weighted by molar-refractivity contribution is 5.89. The van der Waals surface area contributed by atoms with Gasteiger partial charge in [0.15, 0.2) is 5.58 Å². The van der Waals surface area contributed by atoms with E-state index < -0.39 is 11.9 Å². The van der Waals surface area contributed by atoms with Gasteiger partial charge in [0.25, 0.3) is 5.88 Å². The number of aromatic nitrogens is 1. The summed E-state index contributed by atoms with van der Waals surface area (Å²) in [5.74, 6) is -1.15. The number of piperidine rings is 1. The molecular weight excluding hydrogens is 436 g/mol. The third kappa shape index (κ3) is 8.04. The number of carbonyl (C=O) groups is 2. The summed E-state index contributed by atoms with van der Waals surface area (Å²) in [6.07, 6.45) is 4.69. The van der Waals surface area contributed by atoms with Crippen molar-refractivity contribution in [2.75, 3.05) is 19.7 Å². The average Bonchev–Trinajstić information content (AvgIpc) is 3.22. The fourth-order valence-electron chi connectivity index (χ4n) is 3.87. The van der Waals surface area contributed by atoms with Crippen LogP contribution >= 0.6 is 0 Å². The van der Waals surface area contributed by atoms with Crippen LogP contribution in [0.25, 0.3) is 11.0 Å². The molecule has 2 aromatic carbocycles. The predicted octanol–water partition coefficient (Wildman–Crippen LogP) is 4.53. The van der Waals surface area contributed by atoms with E-state index in [1.807, 2.05) is 12.1 Å². The van der Waals surface area contributed by atoms with Crippen molar-refractivity contribution in [2.45, 2.75) is 32.7 Å². The minimum Gasteiger partial charge on any atom is -0.478 e. The fourth-order valence-corrected chi connectivity index (χ4v) is 3.87. The van der Waals surface area contributed by atoms with Crippen molar-refractivity contribution in [2.24, 2.45) is 5.92 Å². The van der Waals surface area contributed by atoms with Crippen LogP contribution in [-0.2, 0) is 16.1 Å². The number of likely N-dealkylation sites (tertiary alicyclic amines) is 1. The van der Waals surface area contributed by atoms with Crippen LogP contribution in [0.2, 0.25) is 0 Å². The van der Waals surface area contributed by atoms with Gasteiger partial charge in [0.2, 0.25) is 0 Å². The van der Waals surface area contributed by atoms with E-state index in [-0.39, 0.29) is 0 Å². The highest BCUT2D eigenvalue weighted by atomic mass is 16.5. The van der Waals surface area contributed by atoms with Crippen molar-refractivity contribution in [3.8, 4) is 5.88 Å². The normalized spacial score (nSPS) is 14.6. The zero-order valence-electron chi connectivity index (χ0n) is 19.2. The molecule has 8 nitrogen and oxygen atoms in total. The molecule has 0 unspecified atom stereocenters. The van der Waals surface area contributed by atoms with Crippen molar-refractivity contribution >= 4 is 22.9 Å². The Bertz CT molecular complexity index is 1080. The van der Waals surface area contributed by atoms with E-state index in [0.29, 0.717) is 24.6 Å². The maximum Gasteiger partial charge on any atom is 0.328 e. The van der Waals surface area contributed by atoms with Crippen molar-refractivity contribution < 1.29 is 29.1 Å². The van der Waals surface area contributed by atoms with Crippen molar-refractivity contribution in [1.29, 1.82) is 0 Å². The summed E-state index contributed by atoms with van der Waals surface area (Å²) in [6.45, 7) is 6.18. The third-order valence-electron chi connectivity index (χ3n) is 5.68. The third-order valence-corrected chi connectivity index (χ3v) is 5.68. The van der Waals surface area contributed by atoms with E-state index in [0.717, 1.165) is 29.9 Å². The minimum atomic E-state index is -1.26. The summed E-state index contributed by atoms with van der Waals surface area (Å²) in [4.78, 5) is 21.7. The van der Waals surface area contributed by atoms with Crippen molar-refractivity contribution in [3.05, 3.63) is 71.8 Å². The Labute approximate surface area is 198 Å². The van der Waals surface area contributed by atoms with Crippen LogP contribution in [0.15, 0.2) is 65.2 Å². The molecule has 0 spiro atoms. The molecule has 1 saturated heterocycles. The smallest absolute Gasteiger partial charge is 0.328 e. The number of rotatable bonds is 8. The molecular formula is C26H30N2O6. The molecule has 4 rings (SSSR count). The topological polar surface area (TPSA) is 113 Å². The molecule has 1 aliphatic rings. The van der Waals surface area contributed by atoms with Gasteiger partial charge >= 0.3 is 11.9 Å². The van der Waals surface area contributed by atoms with Gasteiger partial charge in [-0.1, -0.05) is 42.0 Å². The van der Waals surface area contributed by atoms with Crippen LogP contribution < -0.4 is 4.74 Å². The van der Waals surface area contributed by atoms with Gasteiger partial charge in [-0.15, -0.1) is 0 Å². The summed E-state index contributed by atoms with van der Waals surface area (Å²) in [5.41, 5.74) is 3.39. The highest BCUT2D eigenvalue weighted by Crippen LogP contribution is 2.27. The van der Waals surface area contributed by atoms with Crippen LogP contribution in [0.5, 0.6) is 5.88 Å². The Hall–Kier alpha value is -3.65. The van der Waals surface area contributed by atoms with Gasteiger partial charge in [-0.05, 0) is 68.0 Å². The van der Waals surface area contributed by atoms with Gasteiger partial charge in [0.05, 0.1) is 12.0 Å². The van der Waals surface area contributed by atoms with E-state index in [2.05, 4.69) is 53.4 Å². The van der Waals surface area contributed by atoms with E-state index in [4.69, 9.17) is 19.5 Å². The zero-order chi connectivity index (χ0) is 24.3. The number of aliphatic carboxylic acids is 2. The quantitative estimate of drug-likeness (QED) is 0.466. The number of hydrogen-bond donors (Lipinski definition) is 2. The van der Waals surface area contributed by atoms with Gasteiger partial charge < -0.3 is 19.5 Å². The molecule has 8 heteroatoms. The van der Waals surface area contributed by atoms with Gasteiger partial charge in [-0.3, -0.25) is 4.90 Å². The first-order chi connectivity index (χ1) is 16.4. The van der Waals surface area contributed by atoms with Crippen LogP contribution in [0, 0.1) is 12.8 Å². The van der Waals surface area contributed by atoms with Gasteiger partial charge in [-0.25, -0.2) is 9.59 Å². The van der Waals surface area contributed by atoms with Crippen molar-refractivity contribution in [1.82, 2.24) is 10.1 Å². The van der Waals surface area contributed by atoms with E-state index in [9.17, 15) is 9.59 Å². The number of benzene rings is 2. The highest BCUT2D eigenvalue weighted by Gasteiger charge is 2.19. The molecule has 34 heavy (non-hydrogen) atoms. The average molecular weight is 467 g/mol. The molecule has 0 atom stereocenters. The predicted molar refractivity (Wildman–Crippen MR) is 128 cm³/mol. The van der Waals surface area contributed by atoms with Crippen LogP contribution in [-0.4, -0.2) is 51.9 Å². The monoisotopic (exact) mass is 466 g/mol. The standard InChI is InChI=1S/C22H26N2O2.C4H4O4/c1-17-7-8-21-20(15-17)22(23-26-21)25-14-11-18-9-12-24(13-10-18)16-19-5-3-2-4-6-19;5-3(6)1-2-4(7)8/h2-8,15,18H,9-14,16H2,1H3;1-2H,(H,5,6)(H,7,8)/b;2-1+. The molecule has 0 radical (unpaired) electrons. The van der Waals surface area contributed by atoms with Crippen LogP contribution in [0.3, 0.4) is 0 Å². The Kier molecular flexibility index (Phi) is 9.22. The molecule has 2 N–H and O–H groups in total. The van der Waals surface area contributed by atoms with Crippen LogP contribution in [0.4, 0.5) is 0 Å². The lowest BCUT2D eigenvalue weighted by molar-refractivity contribution is -0.134. The first-order valence-electron chi connectivity index (χ1n) is 11.3. The Morgan fingerprint density at radius 1 is 1.09 bits per heavy atom. The SMILES string of the molecule is Cc1ccc2onc(OCCC3CCN(Cc4ccccc4)CC3)c2c1.O=C(O)/C=C/C(=O)O. The fraction of sp³-hybridized carbons (Fsp3) is 0.346. The number of nitrogens with zero attached hydrogens (tertiary/aromatic N) is 2. The van der Waals surface area contributed by atoms with E-state index >= 15 is 0 Å². The maximum atomic E-state index is 9.55. The van der Waals surface area contributed by atoms with E-state index in [1.54, 1.807) is 0 Å². The molecule has 1 aliphatic heterocycles. The largest absolute Gasteiger partial charge is 0.478 e. The molecule has 3 aromatic rings. The second kappa shape index (κ2) is 12.6. The van der Waals surface area contributed by atoms with Gasteiger partial charge in [0.1, 0.15) is 0 Å². The first kappa shape index (κ1) is 25.0. The summed E-state index contributed by atoms with van der Waals surface area (Å²) < 4.78 is 11.3. The summed E-state index contributed by atoms with van der Waals surface area (Å²) in [7, 11) is 0. The number of aryl methyl sites for hydroxylation is 1. The Morgan fingerprint density at radius 3 is 2.41 bits per heavy atom. The number of hydrogen-bond acceptors (Lipinski definition) is 6. The number of carboxylic acid groups (broad SMARTS) is 2.